The zero-order chi connectivity index (χ0) is 12.6. The van der Waals surface area contributed by atoms with Crippen molar-refractivity contribution in [2.24, 2.45) is 5.41 Å². The minimum absolute atomic E-state index is 0.131. The maximum atomic E-state index is 11.6. The van der Waals surface area contributed by atoms with Crippen molar-refractivity contribution in [2.75, 3.05) is 0 Å². The zero-order valence-corrected chi connectivity index (χ0v) is 10.7. The maximum Gasteiger partial charge on any atom is 0.257 e. The van der Waals surface area contributed by atoms with E-state index in [2.05, 4.69) is 23.8 Å². The van der Waals surface area contributed by atoms with E-state index in [9.17, 15) is 9.90 Å². The van der Waals surface area contributed by atoms with Gasteiger partial charge in [-0.2, -0.15) is 4.98 Å². The van der Waals surface area contributed by atoms with E-state index in [-0.39, 0.29) is 17.4 Å². The van der Waals surface area contributed by atoms with Gasteiger partial charge in [-0.1, -0.05) is 13.8 Å². The van der Waals surface area contributed by atoms with E-state index in [0.717, 1.165) is 25.7 Å². The fraction of sp³-hybridized carbons (Fsp3) is 0.692. The van der Waals surface area contributed by atoms with E-state index in [0.29, 0.717) is 16.8 Å². The molecular weight excluding hydrogens is 216 g/mol. The van der Waals surface area contributed by atoms with Crippen molar-refractivity contribution in [1.82, 2.24) is 9.97 Å². The monoisotopic (exact) mass is 236 g/mol. The third kappa shape index (κ3) is 2.51. The standard InChI is InChI=1S/C13H20N2O2/c1-8-11(16)14-10(15-12(8)17)9-4-6-13(2,3)7-5-9/h9H,4-7H2,1-3H3,(H2,14,15,16,17). The molecule has 0 aromatic carbocycles. The molecule has 1 heterocycles. The molecule has 1 aliphatic carbocycles. The molecule has 94 valence electrons. The molecule has 0 bridgehead atoms. The number of hydrogen-bond donors (Lipinski definition) is 2. The van der Waals surface area contributed by atoms with Crippen LogP contribution in [-0.4, -0.2) is 15.1 Å². The van der Waals surface area contributed by atoms with Crippen LogP contribution in [0.1, 0.15) is 56.8 Å². The van der Waals surface area contributed by atoms with Crippen molar-refractivity contribution in [3.8, 4) is 5.88 Å². The summed E-state index contributed by atoms with van der Waals surface area (Å²) >= 11 is 0. The first-order valence-corrected chi connectivity index (χ1v) is 6.19. The van der Waals surface area contributed by atoms with Crippen LogP contribution in [0.15, 0.2) is 4.79 Å². The Morgan fingerprint density at radius 2 is 1.94 bits per heavy atom. The van der Waals surface area contributed by atoms with Crippen LogP contribution in [0.4, 0.5) is 0 Å². The minimum Gasteiger partial charge on any atom is -0.493 e. The van der Waals surface area contributed by atoms with Gasteiger partial charge in [0.15, 0.2) is 0 Å². The number of hydrogen-bond acceptors (Lipinski definition) is 3. The van der Waals surface area contributed by atoms with Gasteiger partial charge in [-0.3, -0.25) is 4.79 Å². The first-order valence-electron chi connectivity index (χ1n) is 6.19. The van der Waals surface area contributed by atoms with Gasteiger partial charge in [0.1, 0.15) is 5.82 Å². The van der Waals surface area contributed by atoms with Gasteiger partial charge in [-0.05, 0) is 38.0 Å². The van der Waals surface area contributed by atoms with Crippen molar-refractivity contribution in [1.29, 1.82) is 0 Å². The molecule has 1 aromatic rings. The highest BCUT2D eigenvalue weighted by atomic mass is 16.3. The molecule has 0 aliphatic heterocycles. The first-order chi connectivity index (χ1) is 7.89. The van der Waals surface area contributed by atoms with Gasteiger partial charge >= 0.3 is 0 Å². The van der Waals surface area contributed by atoms with Crippen LogP contribution in [0.25, 0.3) is 0 Å². The number of aromatic amines is 1. The van der Waals surface area contributed by atoms with E-state index in [1.54, 1.807) is 6.92 Å². The van der Waals surface area contributed by atoms with Crippen molar-refractivity contribution in [3.05, 3.63) is 21.7 Å². The second-order valence-corrected chi connectivity index (χ2v) is 5.84. The Labute approximate surface area is 101 Å². The number of nitrogens with zero attached hydrogens (tertiary/aromatic N) is 1. The summed E-state index contributed by atoms with van der Waals surface area (Å²) in [5, 5.41) is 9.58. The summed E-state index contributed by atoms with van der Waals surface area (Å²) in [6.07, 6.45) is 4.32. The molecule has 4 nitrogen and oxygen atoms in total. The molecule has 0 amide bonds. The summed E-state index contributed by atoms with van der Waals surface area (Å²) in [6.45, 7) is 6.12. The molecule has 0 unspecified atom stereocenters. The maximum absolute atomic E-state index is 11.6. The third-order valence-corrected chi connectivity index (χ3v) is 3.87. The molecular formula is C13H20N2O2. The lowest BCUT2D eigenvalue weighted by Gasteiger charge is -2.33. The highest BCUT2D eigenvalue weighted by Crippen LogP contribution is 2.41. The summed E-state index contributed by atoms with van der Waals surface area (Å²) in [4.78, 5) is 18.5. The van der Waals surface area contributed by atoms with Gasteiger partial charge < -0.3 is 10.1 Å². The molecule has 1 aliphatic rings. The second-order valence-electron chi connectivity index (χ2n) is 5.84. The van der Waals surface area contributed by atoms with Gasteiger partial charge in [-0.15, -0.1) is 0 Å². The normalized spacial score (nSPS) is 20.4. The minimum atomic E-state index is -0.225. The Morgan fingerprint density at radius 1 is 1.35 bits per heavy atom. The van der Waals surface area contributed by atoms with Gasteiger partial charge in [0.25, 0.3) is 5.56 Å². The number of nitrogens with one attached hydrogen (secondary N) is 1. The second kappa shape index (κ2) is 4.17. The quantitative estimate of drug-likeness (QED) is 0.787. The topological polar surface area (TPSA) is 66.0 Å². The summed E-state index contributed by atoms with van der Waals surface area (Å²) in [6, 6.07) is 0. The fourth-order valence-corrected chi connectivity index (χ4v) is 2.40. The van der Waals surface area contributed by atoms with Gasteiger partial charge in [0.05, 0.1) is 5.56 Å². The Hall–Kier alpha value is -1.32. The fourth-order valence-electron chi connectivity index (χ4n) is 2.40. The zero-order valence-electron chi connectivity index (χ0n) is 10.7. The van der Waals surface area contributed by atoms with Crippen LogP contribution in [0.5, 0.6) is 5.88 Å². The molecule has 1 saturated carbocycles. The van der Waals surface area contributed by atoms with Crippen molar-refractivity contribution >= 4 is 0 Å². The molecule has 0 radical (unpaired) electrons. The van der Waals surface area contributed by atoms with Crippen molar-refractivity contribution in [3.63, 3.8) is 0 Å². The van der Waals surface area contributed by atoms with Crippen LogP contribution in [-0.2, 0) is 0 Å². The molecule has 2 rings (SSSR count). The van der Waals surface area contributed by atoms with Crippen LogP contribution in [0, 0.1) is 12.3 Å². The molecule has 0 saturated heterocycles. The van der Waals surface area contributed by atoms with Gasteiger partial charge in [-0.25, -0.2) is 0 Å². The Kier molecular flexibility index (Phi) is 2.98. The average molecular weight is 236 g/mol. The largest absolute Gasteiger partial charge is 0.493 e. The lowest BCUT2D eigenvalue weighted by molar-refractivity contribution is 0.220. The predicted molar refractivity (Wildman–Crippen MR) is 66.2 cm³/mol. The predicted octanol–water partition coefficient (Wildman–Crippen LogP) is 2.47. The average Bonchev–Trinajstić information content (AvgIpc) is 2.25. The molecule has 1 aromatic heterocycles. The Balaban J connectivity index is 2.22. The van der Waals surface area contributed by atoms with E-state index in [1.165, 1.54) is 0 Å². The molecule has 2 N–H and O–H groups in total. The highest BCUT2D eigenvalue weighted by Gasteiger charge is 2.29. The van der Waals surface area contributed by atoms with Crippen LogP contribution < -0.4 is 5.56 Å². The number of aromatic hydroxyl groups is 1. The number of rotatable bonds is 1. The van der Waals surface area contributed by atoms with E-state index >= 15 is 0 Å². The smallest absolute Gasteiger partial charge is 0.257 e. The van der Waals surface area contributed by atoms with Gasteiger partial charge in [0.2, 0.25) is 5.88 Å². The van der Waals surface area contributed by atoms with Crippen molar-refractivity contribution < 1.29 is 5.11 Å². The van der Waals surface area contributed by atoms with E-state index < -0.39 is 0 Å². The van der Waals surface area contributed by atoms with E-state index in [1.807, 2.05) is 0 Å². The number of aromatic nitrogens is 2. The Morgan fingerprint density at radius 3 is 2.47 bits per heavy atom. The van der Waals surface area contributed by atoms with Crippen LogP contribution in [0.2, 0.25) is 0 Å². The Bertz CT molecular complexity index is 467. The lowest BCUT2D eigenvalue weighted by Crippen LogP contribution is -2.23. The van der Waals surface area contributed by atoms with E-state index in [4.69, 9.17) is 0 Å². The third-order valence-electron chi connectivity index (χ3n) is 3.87. The molecule has 4 heteroatoms. The molecule has 1 fully saturated rings. The highest BCUT2D eigenvalue weighted by molar-refractivity contribution is 5.21. The number of H-pyrrole nitrogens is 1. The summed E-state index contributed by atoms with van der Waals surface area (Å²) in [5.41, 5.74) is 0.464. The SMILES string of the molecule is Cc1c(O)nc(C2CCC(C)(C)CC2)[nH]c1=O. The molecule has 17 heavy (non-hydrogen) atoms. The summed E-state index contributed by atoms with van der Waals surface area (Å²) in [5.74, 6) is 0.796. The summed E-state index contributed by atoms with van der Waals surface area (Å²) < 4.78 is 0. The molecule has 0 spiro atoms. The lowest BCUT2D eigenvalue weighted by atomic mass is 9.73. The first kappa shape index (κ1) is 12.1. The molecule has 0 atom stereocenters. The summed E-state index contributed by atoms with van der Waals surface area (Å²) in [7, 11) is 0. The van der Waals surface area contributed by atoms with Crippen LogP contribution in [0.3, 0.4) is 0 Å². The van der Waals surface area contributed by atoms with Crippen molar-refractivity contribution in [2.45, 2.75) is 52.4 Å². The van der Waals surface area contributed by atoms with Crippen LogP contribution >= 0.6 is 0 Å². The van der Waals surface area contributed by atoms with Gasteiger partial charge in [0, 0.05) is 5.92 Å².